The van der Waals surface area contributed by atoms with E-state index in [0.29, 0.717) is 6.42 Å². The molecule has 2 aromatic rings. The summed E-state index contributed by atoms with van der Waals surface area (Å²) in [5.41, 5.74) is 0.183. The van der Waals surface area contributed by atoms with Crippen LogP contribution in [0.2, 0.25) is 0 Å². The van der Waals surface area contributed by atoms with Gasteiger partial charge in [-0.15, -0.1) is 0 Å². The summed E-state index contributed by atoms with van der Waals surface area (Å²) in [7, 11) is 0. The van der Waals surface area contributed by atoms with Crippen molar-refractivity contribution in [1.29, 1.82) is 0 Å². The molecule has 0 saturated carbocycles. The Bertz CT molecular complexity index is 577. The Morgan fingerprint density at radius 1 is 1.19 bits per heavy atom. The van der Waals surface area contributed by atoms with Gasteiger partial charge in [0.1, 0.15) is 5.76 Å². The highest BCUT2D eigenvalue weighted by molar-refractivity contribution is 9.10. The number of nitrogens with one attached hydrogen (secondary N) is 1. The first-order valence-corrected chi connectivity index (χ1v) is 7.33. The Morgan fingerprint density at radius 2 is 1.86 bits per heavy atom. The predicted molar refractivity (Wildman–Crippen MR) is 78.0 cm³/mol. The van der Waals surface area contributed by atoms with Gasteiger partial charge in [-0.1, -0.05) is 19.1 Å². The van der Waals surface area contributed by atoms with Crippen molar-refractivity contribution in [2.24, 2.45) is 0 Å². The minimum atomic E-state index is -4.30. The van der Waals surface area contributed by atoms with Gasteiger partial charge in [-0.2, -0.15) is 13.2 Å². The van der Waals surface area contributed by atoms with Gasteiger partial charge in [0.25, 0.3) is 0 Å². The smallest absolute Gasteiger partial charge is 0.416 e. The summed E-state index contributed by atoms with van der Waals surface area (Å²) < 4.78 is 43.9. The Labute approximate surface area is 129 Å². The van der Waals surface area contributed by atoms with E-state index in [9.17, 15) is 13.2 Å². The van der Waals surface area contributed by atoms with E-state index in [1.54, 1.807) is 12.3 Å². The van der Waals surface area contributed by atoms with Crippen LogP contribution in [0, 0.1) is 0 Å². The number of hydrogen-bond donors (Lipinski definition) is 1. The van der Waals surface area contributed by atoms with Crippen molar-refractivity contribution in [3.05, 3.63) is 58.0 Å². The molecule has 0 saturated heterocycles. The average Bonchev–Trinajstić information content (AvgIpc) is 2.84. The largest absolute Gasteiger partial charge is 0.466 e. The molecule has 1 N–H and O–H groups in total. The van der Waals surface area contributed by atoms with Crippen LogP contribution in [0.15, 0.2) is 45.5 Å². The minimum absolute atomic E-state index is 0.0869. The van der Waals surface area contributed by atoms with E-state index in [4.69, 9.17) is 4.42 Å². The van der Waals surface area contributed by atoms with Crippen LogP contribution in [-0.4, -0.2) is 6.54 Å². The Balaban J connectivity index is 2.16. The van der Waals surface area contributed by atoms with Crippen molar-refractivity contribution in [2.75, 3.05) is 6.54 Å². The Kier molecular flexibility index (Phi) is 5.11. The predicted octanol–water partition coefficient (Wildman–Crippen LogP) is 4.95. The van der Waals surface area contributed by atoms with Crippen molar-refractivity contribution in [2.45, 2.75) is 25.6 Å². The highest BCUT2D eigenvalue weighted by atomic mass is 79.9. The van der Waals surface area contributed by atoms with Crippen LogP contribution in [0.3, 0.4) is 0 Å². The fraction of sp³-hybridized carbons (Fsp3) is 0.333. The molecule has 1 heterocycles. The molecule has 2 rings (SSSR count). The van der Waals surface area contributed by atoms with Gasteiger partial charge < -0.3 is 9.73 Å². The normalized spacial score (nSPS) is 13.4. The highest BCUT2D eigenvalue weighted by Crippen LogP contribution is 2.31. The van der Waals surface area contributed by atoms with Crippen LogP contribution in [0.25, 0.3) is 0 Å². The van der Waals surface area contributed by atoms with E-state index < -0.39 is 11.7 Å². The van der Waals surface area contributed by atoms with Crippen LogP contribution < -0.4 is 5.32 Å². The number of furan rings is 1. The number of halogens is 4. The lowest BCUT2D eigenvalue weighted by molar-refractivity contribution is -0.137. The van der Waals surface area contributed by atoms with Crippen LogP contribution in [0.1, 0.15) is 29.9 Å². The lowest BCUT2D eigenvalue weighted by Crippen LogP contribution is -2.22. The average molecular weight is 362 g/mol. The molecule has 6 heteroatoms. The third kappa shape index (κ3) is 4.11. The molecular weight excluding hydrogens is 347 g/mol. The molecule has 1 atom stereocenters. The van der Waals surface area contributed by atoms with Crippen LogP contribution in [0.4, 0.5) is 13.2 Å². The van der Waals surface area contributed by atoms with Gasteiger partial charge >= 0.3 is 6.18 Å². The Hall–Kier alpha value is -1.27. The van der Waals surface area contributed by atoms with Crippen LogP contribution >= 0.6 is 15.9 Å². The van der Waals surface area contributed by atoms with E-state index in [2.05, 4.69) is 21.2 Å². The molecule has 0 radical (unpaired) electrons. The zero-order valence-corrected chi connectivity index (χ0v) is 13.0. The topological polar surface area (TPSA) is 25.2 Å². The van der Waals surface area contributed by atoms with E-state index in [0.717, 1.165) is 34.5 Å². The second kappa shape index (κ2) is 6.66. The standard InChI is InChI=1S/C15H15BrF3NO/c1-2-20-13(14-12(16)7-8-21-14)9-10-3-5-11(6-4-10)15(17,18)19/h3-8,13,20H,2,9H2,1H3. The molecule has 0 fully saturated rings. The Morgan fingerprint density at radius 3 is 2.33 bits per heavy atom. The van der Waals surface area contributed by atoms with Crippen molar-refractivity contribution in [3.63, 3.8) is 0 Å². The lowest BCUT2D eigenvalue weighted by Gasteiger charge is -2.17. The number of likely N-dealkylation sites (N-methyl/N-ethyl adjacent to an activating group) is 1. The van der Waals surface area contributed by atoms with Crippen molar-refractivity contribution in [3.8, 4) is 0 Å². The summed E-state index contributed by atoms with van der Waals surface area (Å²) in [6, 6.07) is 6.93. The molecule has 1 unspecified atom stereocenters. The number of benzene rings is 1. The monoisotopic (exact) mass is 361 g/mol. The molecule has 0 aliphatic heterocycles. The number of alkyl halides is 3. The number of hydrogen-bond acceptors (Lipinski definition) is 2. The molecule has 21 heavy (non-hydrogen) atoms. The minimum Gasteiger partial charge on any atom is -0.466 e. The van der Waals surface area contributed by atoms with Crippen molar-refractivity contribution in [1.82, 2.24) is 5.32 Å². The van der Waals surface area contributed by atoms with Gasteiger partial charge in [-0.05, 0) is 52.7 Å². The van der Waals surface area contributed by atoms with Gasteiger partial charge in [0, 0.05) is 0 Å². The zero-order chi connectivity index (χ0) is 15.5. The van der Waals surface area contributed by atoms with E-state index in [1.165, 1.54) is 12.1 Å². The molecule has 0 bridgehead atoms. The van der Waals surface area contributed by atoms with Gasteiger partial charge in [-0.3, -0.25) is 0 Å². The maximum atomic E-state index is 12.5. The van der Waals surface area contributed by atoms with Gasteiger partial charge in [-0.25, -0.2) is 0 Å². The van der Waals surface area contributed by atoms with Gasteiger partial charge in [0.05, 0.1) is 22.3 Å². The van der Waals surface area contributed by atoms with Crippen LogP contribution in [-0.2, 0) is 12.6 Å². The molecule has 2 nitrogen and oxygen atoms in total. The first-order chi connectivity index (χ1) is 9.91. The quantitative estimate of drug-likeness (QED) is 0.814. The van der Waals surface area contributed by atoms with E-state index in [-0.39, 0.29) is 6.04 Å². The molecule has 0 spiro atoms. The molecule has 0 amide bonds. The first-order valence-electron chi connectivity index (χ1n) is 6.54. The fourth-order valence-electron chi connectivity index (χ4n) is 2.12. The zero-order valence-electron chi connectivity index (χ0n) is 11.4. The summed E-state index contributed by atoms with van der Waals surface area (Å²) in [5.74, 6) is 0.747. The highest BCUT2D eigenvalue weighted by Gasteiger charge is 2.30. The van der Waals surface area contributed by atoms with Gasteiger partial charge in [0.2, 0.25) is 0 Å². The maximum Gasteiger partial charge on any atom is 0.416 e. The van der Waals surface area contributed by atoms with Crippen molar-refractivity contribution >= 4 is 15.9 Å². The molecule has 1 aromatic carbocycles. The summed E-state index contributed by atoms with van der Waals surface area (Å²) in [4.78, 5) is 0. The third-order valence-corrected chi connectivity index (χ3v) is 3.79. The molecule has 114 valence electrons. The molecule has 0 aliphatic carbocycles. The molecule has 1 aromatic heterocycles. The summed E-state index contributed by atoms with van der Waals surface area (Å²) in [5, 5.41) is 3.27. The van der Waals surface area contributed by atoms with E-state index >= 15 is 0 Å². The SMILES string of the molecule is CCNC(Cc1ccc(C(F)(F)F)cc1)c1occc1Br. The summed E-state index contributed by atoms with van der Waals surface area (Å²) in [6.45, 7) is 2.70. The number of rotatable bonds is 5. The fourth-order valence-corrected chi connectivity index (χ4v) is 2.60. The first kappa shape index (κ1) is 16.1. The summed E-state index contributed by atoms with van der Waals surface area (Å²) in [6.07, 6.45) is -2.17. The van der Waals surface area contributed by atoms with Crippen LogP contribution in [0.5, 0.6) is 0 Å². The van der Waals surface area contributed by atoms with Gasteiger partial charge in [0.15, 0.2) is 0 Å². The second-order valence-electron chi connectivity index (χ2n) is 4.64. The van der Waals surface area contributed by atoms with Crippen molar-refractivity contribution < 1.29 is 17.6 Å². The molecular formula is C15H15BrF3NO. The lowest BCUT2D eigenvalue weighted by atomic mass is 10.0. The van der Waals surface area contributed by atoms with E-state index in [1.807, 2.05) is 6.92 Å². The maximum absolute atomic E-state index is 12.5. The summed E-state index contributed by atoms with van der Waals surface area (Å²) >= 11 is 3.41. The molecule has 0 aliphatic rings. The second-order valence-corrected chi connectivity index (χ2v) is 5.50. The third-order valence-electron chi connectivity index (χ3n) is 3.13.